The Bertz CT molecular complexity index is 738. The summed E-state index contributed by atoms with van der Waals surface area (Å²) in [6, 6.07) is 17.0. The molecule has 1 heterocycles. The van der Waals surface area contributed by atoms with E-state index in [1.807, 2.05) is 53.4 Å². The van der Waals surface area contributed by atoms with Crippen LogP contribution in [0.5, 0.6) is 0 Å². The summed E-state index contributed by atoms with van der Waals surface area (Å²) < 4.78 is 16.6. The second kappa shape index (κ2) is 6.14. The van der Waals surface area contributed by atoms with Crippen molar-refractivity contribution in [2.45, 2.75) is 6.54 Å². The van der Waals surface area contributed by atoms with Crippen LogP contribution < -0.4 is 5.32 Å². The van der Waals surface area contributed by atoms with Gasteiger partial charge in [0, 0.05) is 40.3 Å². The Morgan fingerprint density at radius 2 is 1.81 bits per heavy atom. The normalized spacial score (nSPS) is 10.6. The van der Waals surface area contributed by atoms with Crippen LogP contribution in [0.25, 0.3) is 5.69 Å². The van der Waals surface area contributed by atoms with Gasteiger partial charge < -0.3 is 9.88 Å². The highest BCUT2D eigenvalue weighted by Gasteiger charge is 2.03. The largest absolute Gasteiger partial charge is 0.381 e. The zero-order chi connectivity index (χ0) is 14.7. The molecule has 0 aliphatic carbocycles. The third-order valence-corrected chi connectivity index (χ3v) is 3.73. The summed E-state index contributed by atoms with van der Waals surface area (Å²) in [5.74, 6) is -0.202. The molecule has 0 saturated heterocycles. The predicted molar refractivity (Wildman–Crippen MR) is 87.2 cm³/mol. The van der Waals surface area contributed by atoms with E-state index in [0.717, 1.165) is 15.8 Å². The van der Waals surface area contributed by atoms with Crippen molar-refractivity contribution in [2.24, 2.45) is 0 Å². The Labute approximate surface area is 131 Å². The van der Waals surface area contributed by atoms with Crippen LogP contribution in [-0.2, 0) is 6.54 Å². The molecule has 0 amide bonds. The first-order valence-corrected chi connectivity index (χ1v) is 7.43. The van der Waals surface area contributed by atoms with Crippen molar-refractivity contribution in [3.8, 4) is 5.69 Å². The van der Waals surface area contributed by atoms with Crippen molar-refractivity contribution in [3.63, 3.8) is 0 Å². The summed E-state index contributed by atoms with van der Waals surface area (Å²) in [5, 5.41) is 3.26. The number of hydrogen-bond donors (Lipinski definition) is 1. The highest BCUT2D eigenvalue weighted by Crippen LogP contribution is 2.19. The van der Waals surface area contributed by atoms with E-state index in [-0.39, 0.29) is 5.82 Å². The number of benzene rings is 2. The van der Waals surface area contributed by atoms with E-state index in [1.54, 1.807) is 12.1 Å². The summed E-state index contributed by atoms with van der Waals surface area (Å²) in [4.78, 5) is 0. The average Bonchev–Trinajstić information content (AvgIpc) is 3.03. The van der Waals surface area contributed by atoms with Crippen LogP contribution >= 0.6 is 15.9 Å². The van der Waals surface area contributed by atoms with E-state index < -0.39 is 0 Å². The van der Waals surface area contributed by atoms with Gasteiger partial charge in [-0.1, -0.05) is 22.0 Å². The Morgan fingerprint density at radius 1 is 1.00 bits per heavy atom. The number of nitrogens with zero attached hydrogens (tertiary/aromatic N) is 1. The lowest BCUT2D eigenvalue weighted by Crippen LogP contribution is -2.02. The van der Waals surface area contributed by atoms with E-state index in [4.69, 9.17) is 0 Å². The lowest BCUT2D eigenvalue weighted by molar-refractivity contribution is 0.612. The fourth-order valence-electron chi connectivity index (χ4n) is 2.16. The number of anilines is 1. The minimum Gasteiger partial charge on any atom is -0.381 e. The second-order valence-electron chi connectivity index (χ2n) is 4.73. The van der Waals surface area contributed by atoms with Gasteiger partial charge in [0.25, 0.3) is 0 Å². The van der Waals surface area contributed by atoms with Gasteiger partial charge in [-0.05, 0) is 48.5 Å². The number of halogens is 2. The fourth-order valence-corrected chi connectivity index (χ4v) is 2.57. The van der Waals surface area contributed by atoms with Crippen LogP contribution in [0.4, 0.5) is 10.1 Å². The molecule has 2 nitrogen and oxygen atoms in total. The third kappa shape index (κ3) is 3.34. The molecule has 3 rings (SSSR count). The molecule has 0 bridgehead atoms. The van der Waals surface area contributed by atoms with Crippen LogP contribution in [0.15, 0.2) is 71.5 Å². The summed E-state index contributed by atoms with van der Waals surface area (Å²) in [6.45, 7) is 0.445. The summed E-state index contributed by atoms with van der Waals surface area (Å²) in [6.07, 6.45) is 3.99. The van der Waals surface area contributed by atoms with Gasteiger partial charge in [0.15, 0.2) is 0 Å². The van der Waals surface area contributed by atoms with Crippen molar-refractivity contribution < 1.29 is 4.39 Å². The highest BCUT2D eigenvalue weighted by molar-refractivity contribution is 9.10. The molecular weight excluding hydrogens is 331 g/mol. The minimum absolute atomic E-state index is 0.202. The van der Waals surface area contributed by atoms with Crippen molar-refractivity contribution in [3.05, 3.63) is 82.8 Å². The molecule has 0 radical (unpaired) electrons. The van der Waals surface area contributed by atoms with E-state index in [2.05, 4.69) is 21.2 Å². The lowest BCUT2D eigenvalue weighted by atomic mass is 10.2. The van der Waals surface area contributed by atoms with Gasteiger partial charge in [0.1, 0.15) is 5.82 Å². The number of nitrogens with one attached hydrogen (secondary N) is 1. The maximum atomic E-state index is 13.7. The summed E-state index contributed by atoms with van der Waals surface area (Å²) >= 11 is 3.36. The molecule has 2 aromatic carbocycles. The molecule has 0 aliphatic rings. The zero-order valence-corrected chi connectivity index (χ0v) is 12.8. The van der Waals surface area contributed by atoms with E-state index in [0.29, 0.717) is 12.1 Å². The van der Waals surface area contributed by atoms with Crippen molar-refractivity contribution in [1.29, 1.82) is 0 Å². The molecule has 1 N–H and O–H groups in total. The minimum atomic E-state index is -0.202. The molecule has 0 fully saturated rings. The maximum absolute atomic E-state index is 13.7. The molecule has 4 heteroatoms. The van der Waals surface area contributed by atoms with Crippen LogP contribution in [0.1, 0.15) is 5.56 Å². The fraction of sp³-hybridized carbons (Fsp3) is 0.0588. The van der Waals surface area contributed by atoms with Crippen molar-refractivity contribution >= 4 is 21.6 Å². The predicted octanol–water partition coefficient (Wildman–Crippen LogP) is 4.99. The molecule has 0 aliphatic heterocycles. The van der Waals surface area contributed by atoms with Crippen molar-refractivity contribution in [1.82, 2.24) is 4.57 Å². The van der Waals surface area contributed by atoms with E-state index in [1.165, 1.54) is 6.07 Å². The maximum Gasteiger partial charge on any atom is 0.128 e. The number of aromatic nitrogens is 1. The van der Waals surface area contributed by atoms with Crippen LogP contribution in [0.2, 0.25) is 0 Å². The zero-order valence-electron chi connectivity index (χ0n) is 11.3. The Balaban J connectivity index is 1.76. The number of rotatable bonds is 4. The first-order chi connectivity index (χ1) is 10.2. The van der Waals surface area contributed by atoms with Crippen LogP contribution in [0.3, 0.4) is 0 Å². The highest BCUT2D eigenvalue weighted by atomic mass is 79.9. The Hall–Kier alpha value is -2.07. The average molecular weight is 345 g/mol. The topological polar surface area (TPSA) is 17.0 Å². The monoisotopic (exact) mass is 344 g/mol. The van der Waals surface area contributed by atoms with Crippen molar-refractivity contribution in [2.75, 3.05) is 5.32 Å². The van der Waals surface area contributed by atoms with Gasteiger partial charge in [-0.15, -0.1) is 0 Å². The summed E-state index contributed by atoms with van der Waals surface area (Å²) in [7, 11) is 0. The van der Waals surface area contributed by atoms with Gasteiger partial charge in [0.2, 0.25) is 0 Å². The quantitative estimate of drug-likeness (QED) is 0.705. The van der Waals surface area contributed by atoms with Gasteiger partial charge in [-0.25, -0.2) is 4.39 Å². The Morgan fingerprint density at radius 3 is 2.62 bits per heavy atom. The SMILES string of the molecule is Fc1ccc(Br)cc1CNc1cccc(-n2cccc2)c1. The van der Waals surface area contributed by atoms with Gasteiger partial charge in [0.05, 0.1) is 0 Å². The molecule has 1 aromatic heterocycles. The lowest BCUT2D eigenvalue weighted by Gasteiger charge is -2.10. The molecule has 106 valence electrons. The number of hydrogen-bond acceptors (Lipinski definition) is 1. The van der Waals surface area contributed by atoms with Crippen LogP contribution in [0, 0.1) is 5.82 Å². The van der Waals surface area contributed by atoms with Crippen LogP contribution in [-0.4, -0.2) is 4.57 Å². The van der Waals surface area contributed by atoms with E-state index in [9.17, 15) is 4.39 Å². The van der Waals surface area contributed by atoms with Gasteiger partial charge >= 0.3 is 0 Å². The van der Waals surface area contributed by atoms with Gasteiger partial charge in [-0.3, -0.25) is 0 Å². The second-order valence-corrected chi connectivity index (χ2v) is 5.65. The smallest absolute Gasteiger partial charge is 0.128 e. The Kier molecular flexibility index (Phi) is 4.06. The third-order valence-electron chi connectivity index (χ3n) is 3.24. The molecule has 0 saturated carbocycles. The molecule has 0 spiro atoms. The first kappa shape index (κ1) is 13.9. The van der Waals surface area contributed by atoms with Gasteiger partial charge in [-0.2, -0.15) is 0 Å². The molecule has 0 atom stereocenters. The molecule has 0 unspecified atom stereocenters. The molecule has 3 aromatic rings. The van der Waals surface area contributed by atoms with E-state index >= 15 is 0 Å². The molecular formula is C17H14BrFN2. The molecule has 21 heavy (non-hydrogen) atoms. The first-order valence-electron chi connectivity index (χ1n) is 6.63. The summed E-state index contributed by atoms with van der Waals surface area (Å²) in [5.41, 5.74) is 2.66. The standard InChI is InChI=1S/C17H14BrFN2/c18-14-6-7-17(19)13(10-14)12-20-15-4-3-5-16(11-15)21-8-1-2-9-21/h1-11,20H,12H2.